The number of nitrogens with one attached hydrogen (secondary N) is 1. The van der Waals surface area contributed by atoms with E-state index in [-0.39, 0.29) is 17.2 Å². The number of ether oxygens (including phenoxy) is 2. The fourth-order valence-corrected chi connectivity index (χ4v) is 1.53. The zero-order chi connectivity index (χ0) is 11.7. The van der Waals surface area contributed by atoms with Gasteiger partial charge >= 0.3 is 6.09 Å². The Morgan fingerprint density at radius 1 is 1.50 bits per heavy atom. The Balaban J connectivity index is 2.35. The van der Waals surface area contributed by atoms with E-state index in [0.717, 1.165) is 0 Å². The Kier molecular flexibility index (Phi) is 2.47. The number of carbonyl (C=O) groups is 1. The van der Waals surface area contributed by atoms with Gasteiger partial charge in [-0.25, -0.2) is 4.79 Å². The van der Waals surface area contributed by atoms with E-state index in [2.05, 4.69) is 5.32 Å². The third-order valence-corrected chi connectivity index (χ3v) is 2.35. The van der Waals surface area contributed by atoms with Gasteiger partial charge in [0.15, 0.2) is 11.5 Å². The van der Waals surface area contributed by atoms with Crippen molar-refractivity contribution >= 4 is 6.09 Å². The second-order valence-corrected chi connectivity index (χ2v) is 3.37. The predicted molar refractivity (Wildman–Crippen MR) is 53.5 cm³/mol. The first-order valence-corrected chi connectivity index (χ1v) is 4.66. The fourth-order valence-electron chi connectivity index (χ4n) is 1.53. The summed E-state index contributed by atoms with van der Waals surface area (Å²) in [6.07, 6.45) is -0.982. The zero-order valence-corrected chi connectivity index (χ0v) is 8.56. The van der Waals surface area contributed by atoms with Crippen LogP contribution in [0.3, 0.4) is 0 Å². The van der Waals surface area contributed by atoms with E-state index in [0.29, 0.717) is 12.1 Å². The monoisotopic (exact) mass is 225 g/mol. The van der Waals surface area contributed by atoms with E-state index < -0.39 is 12.2 Å². The lowest BCUT2D eigenvalue weighted by Crippen LogP contribution is -2.12. The molecule has 0 spiro atoms. The summed E-state index contributed by atoms with van der Waals surface area (Å²) in [6, 6.07) is 2.85. The maximum absolute atomic E-state index is 10.9. The van der Waals surface area contributed by atoms with Gasteiger partial charge in [-0.05, 0) is 12.1 Å². The third-order valence-electron chi connectivity index (χ3n) is 2.35. The van der Waals surface area contributed by atoms with Gasteiger partial charge in [-0.2, -0.15) is 0 Å². The molecule has 1 aromatic carbocycles. The standard InChI is InChI=1S/C10H11NO5/c1-15-7-3-5(2-6(12)9(7)13)8-4-11-10(14)16-8/h2-3,8,12-13H,4H2,1H3,(H,11,14). The highest BCUT2D eigenvalue weighted by molar-refractivity contribution is 5.70. The molecule has 0 radical (unpaired) electrons. The van der Waals surface area contributed by atoms with Gasteiger partial charge in [-0.1, -0.05) is 0 Å². The molecule has 6 nitrogen and oxygen atoms in total. The highest BCUT2D eigenvalue weighted by Gasteiger charge is 2.26. The van der Waals surface area contributed by atoms with Crippen LogP contribution < -0.4 is 10.1 Å². The smallest absolute Gasteiger partial charge is 0.407 e. The summed E-state index contributed by atoms with van der Waals surface area (Å²) >= 11 is 0. The number of benzene rings is 1. The first kappa shape index (κ1) is 10.4. The van der Waals surface area contributed by atoms with Gasteiger partial charge < -0.3 is 25.0 Å². The van der Waals surface area contributed by atoms with Gasteiger partial charge in [0.25, 0.3) is 0 Å². The van der Waals surface area contributed by atoms with Gasteiger partial charge in [0.05, 0.1) is 13.7 Å². The van der Waals surface area contributed by atoms with Gasteiger partial charge in [-0.15, -0.1) is 0 Å². The van der Waals surface area contributed by atoms with Crippen LogP contribution in [-0.4, -0.2) is 30.0 Å². The molecule has 1 unspecified atom stereocenters. The molecule has 1 amide bonds. The Morgan fingerprint density at radius 3 is 2.81 bits per heavy atom. The number of aromatic hydroxyl groups is 2. The maximum atomic E-state index is 10.9. The minimum atomic E-state index is -0.503. The molecule has 1 atom stereocenters. The van der Waals surface area contributed by atoms with Crippen LogP contribution in [0.1, 0.15) is 11.7 Å². The molecule has 0 aromatic heterocycles. The van der Waals surface area contributed by atoms with Crippen molar-refractivity contribution in [2.45, 2.75) is 6.10 Å². The highest BCUT2D eigenvalue weighted by atomic mass is 16.6. The van der Waals surface area contributed by atoms with Crippen molar-refractivity contribution in [3.05, 3.63) is 17.7 Å². The average Bonchev–Trinajstić information content (AvgIpc) is 2.69. The topological polar surface area (TPSA) is 88.0 Å². The molecular formula is C10H11NO5. The molecular weight excluding hydrogens is 214 g/mol. The Bertz CT molecular complexity index is 431. The summed E-state index contributed by atoms with van der Waals surface area (Å²) in [5.74, 6) is -0.501. The molecule has 1 aliphatic rings. The zero-order valence-electron chi connectivity index (χ0n) is 8.56. The number of amides is 1. The number of phenols is 2. The van der Waals surface area contributed by atoms with Crippen LogP contribution in [0.15, 0.2) is 12.1 Å². The predicted octanol–water partition coefficient (Wildman–Crippen LogP) is 0.887. The van der Waals surface area contributed by atoms with E-state index in [1.54, 1.807) is 0 Å². The molecule has 16 heavy (non-hydrogen) atoms. The number of hydrogen-bond donors (Lipinski definition) is 3. The fraction of sp³-hybridized carbons (Fsp3) is 0.300. The van der Waals surface area contributed by atoms with Crippen LogP contribution in [0, 0.1) is 0 Å². The number of phenolic OH excluding ortho intramolecular Hbond substituents is 2. The molecule has 1 saturated heterocycles. The molecule has 6 heteroatoms. The van der Waals surface area contributed by atoms with Crippen molar-refractivity contribution in [2.75, 3.05) is 13.7 Å². The minimum Gasteiger partial charge on any atom is -0.504 e. The summed E-state index contributed by atoms with van der Waals surface area (Å²) in [4.78, 5) is 10.9. The maximum Gasteiger partial charge on any atom is 0.407 e. The lowest BCUT2D eigenvalue weighted by molar-refractivity contribution is 0.140. The summed E-state index contributed by atoms with van der Waals surface area (Å²) < 4.78 is 9.83. The van der Waals surface area contributed by atoms with Gasteiger partial charge in [0.1, 0.15) is 6.10 Å². The first-order valence-electron chi connectivity index (χ1n) is 4.66. The van der Waals surface area contributed by atoms with Crippen LogP contribution in [0.4, 0.5) is 4.79 Å². The summed E-state index contributed by atoms with van der Waals surface area (Å²) in [6.45, 7) is 0.326. The number of alkyl carbamates (subject to hydrolysis) is 1. The van der Waals surface area contributed by atoms with E-state index in [9.17, 15) is 15.0 Å². The second kappa shape index (κ2) is 3.80. The lowest BCUT2D eigenvalue weighted by Gasteiger charge is -2.12. The van der Waals surface area contributed by atoms with Gasteiger partial charge in [0.2, 0.25) is 5.75 Å². The molecule has 0 bridgehead atoms. The Morgan fingerprint density at radius 2 is 2.25 bits per heavy atom. The summed E-state index contributed by atoms with van der Waals surface area (Å²) in [5, 5.41) is 21.4. The molecule has 2 rings (SSSR count). The normalized spacial score (nSPS) is 19.1. The molecule has 1 aromatic rings. The molecule has 86 valence electrons. The summed E-state index contributed by atoms with van der Waals surface area (Å²) in [7, 11) is 1.37. The number of rotatable bonds is 2. The van der Waals surface area contributed by atoms with Crippen molar-refractivity contribution in [3.63, 3.8) is 0 Å². The van der Waals surface area contributed by atoms with Gasteiger partial charge in [0, 0.05) is 5.56 Å². The van der Waals surface area contributed by atoms with Crippen LogP contribution in [0.25, 0.3) is 0 Å². The largest absolute Gasteiger partial charge is 0.504 e. The van der Waals surface area contributed by atoms with Crippen LogP contribution in [0.5, 0.6) is 17.2 Å². The summed E-state index contributed by atoms with van der Waals surface area (Å²) in [5.41, 5.74) is 0.561. The van der Waals surface area contributed by atoms with E-state index in [4.69, 9.17) is 9.47 Å². The molecule has 0 saturated carbocycles. The van der Waals surface area contributed by atoms with Crippen molar-refractivity contribution in [1.82, 2.24) is 5.32 Å². The van der Waals surface area contributed by atoms with E-state index in [1.165, 1.54) is 19.2 Å². The van der Waals surface area contributed by atoms with Gasteiger partial charge in [-0.3, -0.25) is 0 Å². The third kappa shape index (κ3) is 1.69. The number of cyclic esters (lactones) is 1. The van der Waals surface area contributed by atoms with Crippen LogP contribution in [0.2, 0.25) is 0 Å². The minimum absolute atomic E-state index is 0.137. The molecule has 3 N–H and O–H groups in total. The van der Waals surface area contributed by atoms with Crippen molar-refractivity contribution in [3.8, 4) is 17.2 Å². The molecule has 1 fully saturated rings. The van der Waals surface area contributed by atoms with Crippen LogP contribution >= 0.6 is 0 Å². The van der Waals surface area contributed by atoms with Crippen molar-refractivity contribution < 1.29 is 24.5 Å². The number of carbonyl (C=O) groups excluding carboxylic acids is 1. The van der Waals surface area contributed by atoms with Crippen molar-refractivity contribution in [1.29, 1.82) is 0 Å². The SMILES string of the molecule is COc1cc(C2CNC(=O)O2)cc(O)c1O. The number of methoxy groups -OCH3 is 1. The van der Waals surface area contributed by atoms with Crippen LogP contribution in [-0.2, 0) is 4.74 Å². The average molecular weight is 225 g/mol. The second-order valence-electron chi connectivity index (χ2n) is 3.37. The number of hydrogen-bond acceptors (Lipinski definition) is 5. The molecule has 1 heterocycles. The molecule has 0 aliphatic carbocycles. The highest BCUT2D eigenvalue weighted by Crippen LogP contribution is 2.38. The first-order chi connectivity index (χ1) is 7.61. The van der Waals surface area contributed by atoms with Crippen molar-refractivity contribution in [2.24, 2.45) is 0 Å². The Hall–Kier alpha value is -2.11. The molecule has 1 aliphatic heterocycles. The quantitative estimate of drug-likeness (QED) is 0.650. The van der Waals surface area contributed by atoms with E-state index >= 15 is 0 Å². The Labute approximate surface area is 91.4 Å². The lowest BCUT2D eigenvalue weighted by atomic mass is 10.1. The van der Waals surface area contributed by atoms with E-state index in [1.807, 2.05) is 0 Å².